The third-order valence-electron chi connectivity index (χ3n) is 10.1. The maximum Gasteiger partial charge on any atom is 0.326 e. The lowest BCUT2D eigenvalue weighted by atomic mass is 9.98. The summed E-state index contributed by atoms with van der Waals surface area (Å²) in [5.74, 6) is -5.21. The predicted octanol–water partition coefficient (Wildman–Crippen LogP) is 1.66. The molecule has 0 spiro atoms. The fourth-order valence-corrected chi connectivity index (χ4v) is 6.76. The first kappa shape index (κ1) is 49.1. The Kier molecular flexibility index (Phi) is 18.9. The van der Waals surface area contributed by atoms with Crippen LogP contribution < -0.4 is 38.1 Å². The van der Waals surface area contributed by atoms with Gasteiger partial charge in [0.25, 0.3) is 0 Å². The monoisotopic (exact) mass is 850 g/mol. The Labute approximate surface area is 355 Å². The summed E-state index contributed by atoms with van der Waals surface area (Å²) in [4.78, 5) is 101. The molecule has 0 saturated carbocycles. The molecule has 19 heteroatoms. The number of carboxylic acids is 2. The molecule has 3 aromatic rings. The van der Waals surface area contributed by atoms with Crippen LogP contribution in [0.2, 0.25) is 0 Å². The summed E-state index contributed by atoms with van der Waals surface area (Å²) in [6, 6.07) is 2.26. The number of hydrogen-bond acceptors (Lipinski definition) is 10. The smallest absolute Gasteiger partial charge is 0.326 e. The van der Waals surface area contributed by atoms with Crippen LogP contribution in [-0.4, -0.2) is 117 Å². The second-order valence-corrected chi connectivity index (χ2v) is 16.1. The first-order valence-corrected chi connectivity index (χ1v) is 20.5. The number of carboxylic acid groups (broad SMARTS) is 2. The molecule has 61 heavy (non-hydrogen) atoms. The number of H-pyrrole nitrogens is 1. The fraction of sp³-hybridized carbons (Fsp3) is 0.524. The lowest BCUT2D eigenvalue weighted by Gasteiger charge is -2.33. The average Bonchev–Trinajstić information content (AvgIpc) is 3.61. The van der Waals surface area contributed by atoms with Crippen molar-refractivity contribution >= 4 is 58.3 Å². The van der Waals surface area contributed by atoms with E-state index in [9.17, 15) is 43.8 Å². The number of aromatic nitrogens is 2. The van der Waals surface area contributed by atoms with Crippen LogP contribution in [-0.2, 0) is 41.6 Å². The Morgan fingerprint density at radius 2 is 1.36 bits per heavy atom. The van der Waals surface area contributed by atoms with E-state index < -0.39 is 77.8 Å². The van der Waals surface area contributed by atoms with Crippen molar-refractivity contribution in [2.75, 3.05) is 19.3 Å². The molecule has 0 bridgehead atoms. The summed E-state index contributed by atoms with van der Waals surface area (Å²) in [5, 5.41) is 33.5. The van der Waals surface area contributed by atoms with E-state index in [1.807, 2.05) is 52.0 Å². The van der Waals surface area contributed by atoms with Gasteiger partial charge in [0.2, 0.25) is 23.6 Å². The van der Waals surface area contributed by atoms with Crippen LogP contribution in [0.4, 0.5) is 10.6 Å². The summed E-state index contributed by atoms with van der Waals surface area (Å²) >= 11 is 0. The number of pyridine rings is 1. The minimum atomic E-state index is -1.37. The summed E-state index contributed by atoms with van der Waals surface area (Å²) in [5.41, 5.74) is 13.3. The number of fused-ring (bicyclic) bond motifs is 1. The highest BCUT2D eigenvalue weighted by atomic mass is 16.4. The van der Waals surface area contributed by atoms with E-state index in [1.165, 1.54) is 31.1 Å². The van der Waals surface area contributed by atoms with Crippen molar-refractivity contribution in [2.45, 2.75) is 116 Å². The van der Waals surface area contributed by atoms with Gasteiger partial charge < -0.3 is 58.1 Å². The van der Waals surface area contributed by atoms with E-state index in [1.54, 1.807) is 12.3 Å². The average molecular weight is 851 g/mol. The van der Waals surface area contributed by atoms with Crippen molar-refractivity contribution in [1.29, 1.82) is 0 Å². The number of amides is 6. The Morgan fingerprint density at radius 1 is 0.738 bits per heavy atom. The van der Waals surface area contributed by atoms with Gasteiger partial charge in [0, 0.05) is 43.2 Å². The quantitative estimate of drug-likeness (QED) is 0.0576. The first-order valence-electron chi connectivity index (χ1n) is 20.5. The molecular formula is C42H62N10O9. The summed E-state index contributed by atoms with van der Waals surface area (Å²) in [6.45, 7) is 9.15. The number of nitrogens with two attached hydrogens (primary N) is 2. The van der Waals surface area contributed by atoms with Gasteiger partial charge in [-0.05, 0) is 80.7 Å². The molecule has 334 valence electrons. The molecule has 0 fully saturated rings. The van der Waals surface area contributed by atoms with Crippen molar-refractivity contribution in [2.24, 2.45) is 17.6 Å². The van der Waals surface area contributed by atoms with Crippen molar-refractivity contribution in [3.63, 3.8) is 0 Å². The van der Waals surface area contributed by atoms with Crippen LogP contribution in [0, 0.1) is 11.8 Å². The Morgan fingerprint density at radius 3 is 1.97 bits per heavy atom. The lowest BCUT2D eigenvalue weighted by Crippen LogP contribution is -2.59. The second-order valence-electron chi connectivity index (χ2n) is 16.1. The maximum absolute atomic E-state index is 14.2. The summed E-state index contributed by atoms with van der Waals surface area (Å²) < 4.78 is 0. The van der Waals surface area contributed by atoms with Gasteiger partial charge in [0.05, 0.1) is 0 Å². The summed E-state index contributed by atoms with van der Waals surface area (Å²) in [7, 11) is 1.43. The number of nitrogen functional groups attached to an aromatic ring is 1. The predicted molar refractivity (Wildman–Crippen MR) is 229 cm³/mol. The molecule has 12 N–H and O–H groups in total. The Balaban J connectivity index is 1.72. The van der Waals surface area contributed by atoms with Crippen LogP contribution in [0.1, 0.15) is 77.8 Å². The number of benzene rings is 1. The molecule has 2 aromatic heterocycles. The Bertz CT molecular complexity index is 1970. The minimum Gasteiger partial charge on any atom is -0.480 e. The number of hydrogen-bond donors (Lipinski definition) is 10. The zero-order chi connectivity index (χ0) is 45.4. The zero-order valence-electron chi connectivity index (χ0n) is 35.7. The number of urea groups is 1. The van der Waals surface area contributed by atoms with Crippen molar-refractivity contribution < 1.29 is 43.8 Å². The van der Waals surface area contributed by atoms with Crippen molar-refractivity contribution in [3.8, 4) is 0 Å². The van der Waals surface area contributed by atoms with E-state index in [2.05, 4.69) is 36.6 Å². The fourth-order valence-electron chi connectivity index (χ4n) is 6.76. The molecule has 0 saturated heterocycles. The number of aliphatic carboxylic acids is 2. The van der Waals surface area contributed by atoms with Gasteiger partial charge in [-0.1, -0.05) is 52.0 Å². The second kappa shape index (κ2) is 23.5. The number of carbonyl (C=O) groups is 7. The maximum atomic E-state index is 14.2. The number of nitrogens with zero attached hydrogens (tertiary/aromatic N) is 2. The highest BCUT2D eigenvalue weighted by Crippen LogP contribution is 2.20. The number of nitrogens with one attached hydrogen (secondary N) is 6. The molecule has 2 heterocycles. The van der Waals surface area contributed by atoms with Crippen molar-refractivity contribution in [1.82, 2.24) is 41.5 Å². The van der Waals surface area contributed by atoms with E-state index in [0.29, 0.717) is 30.5 Å². The molecule has 1 aromatic carbocycles. The number of para-hydroxylation sites is 1. The largest absolute Gasteiger partial charge is 0.480 e. The standard InChI is InChI=1S/C42H62N10O9/c1-23(2)17-31(39(56)52(6)34(18-24(3)4)38(55)49-33(41(59)60)20-27-22-45-29-12-8-7-11-28(27)29)48-36(53)25(5)47-37(54)30(13-9-10-16-43)50-42(61)51-32(40(57)58)19-26-14-15-35(44)46-21-26/h7-8,11-12,14-15,21-25,30-34,45H,9-10,13,16-20,43H2,1-6H3,(H2,44,46)(H,47,54)(H,48,53)(H,49,55)(H,57,58)(H,59,60)(H2,50,51,61)/t25-,30-,31-,32?,33-,34-/m0/s1. The number of aromatic amines is 1. The zero-order valence-corrected chi connectivity index (χ0v) is 35.7. The SMILES string of the molecule is CC(C)C[C@H](NC(=O)[C@H](C)NC(=O)[C@H](CCCCN)NC(=O)NC(Cc1ccc(N)nc1)C(=O)O)C(=O)N(C)[C@@H](CC(C)C)C(=O)N[C@@H](Cc1c[nH]c2ccccc12)C(=O)O. The normalized spacial score (nSPS) is 14.2. The van der Waals surface area contributed by atoms with Crippen LogP contribution in [0.3, 0.4) is 0 Å². The van der Waals surface area contributed by atoms with E-state index in [4.69, 9.17) is 11.5 Å². The minimum absolute atomic E-state index is 0.00779. The van der Waals surface area contributed by atoms with Gasteiger partial charge in [-0.25, -0.2) is 19.4 Å². The summed E-state index contributed by atoms with van der Waals surface area (Å²) in [6.07, 6.45) is 4.41. The Hall–Kier alpha value is -6.24. The molecule has 6 atom stereocenters. The van der Waals surface area contributed by atoms with E-state index in [-0.39, 0.29) is 49.8 Å². The highest BCUT2D eigenvalue weighted by molar-refractivity contribution is 5.96. The molecule has 0 aliphatic rings. The molecule has 6 amide bonds. The third-order valence-corrected chi connectivity index (χ3v) is 10.1. The molecule has 0 aliphatic carbocycles. The van der Waals surface area contributed by atoms with Gasteiger partial charge in [-0.2, -0.15) is 0 Å². The number of anilines is 1. The van der Waals surface area contributed by atoms with Gasteiger partial charge >= 0.3 is 18.0 Å². The van der Waals surface area contributed by atoms with Crippen LogP contribution >= 0.6 is 0 Å². The van der Waals surface area contributed by atoms with Crippen LogP contribution in [0.15, 0.2) is 48.8 Å². The van der Waals surface area contributed by atoms with Gasteiger partial charge in [-0.15, -0.1) is 0 Å². The molecule has 3 rings (SSSR count). The number of unbranched alkanes of at least 4 members (excludes halogenated alkanes) is 1. The van der Waals surface area contributed by atoms with Gasteiger partial charge in [0.15, 0.2) is 0 Å². The topological polar surface area (TPSA) is 304 Å². The van der Waals surface area contributed by atoms with E-state index >= 15 is 0 Å². The van der Waals surface area contributed by atoms with Gasteiger partial charge in [0.1, 0.15) is 42.1 Å². The molecule has 19 nitrogen and oxygen atoms in total. The third kappa shape index (κ3) is 15.4. The van der Waals surface area contributed by atoms with Crippen LogP contribution in [0.25, 0.3) is 10.9 Å². The van der Waals surface area contributed by atoms with Crippen LogP contribution in [0.5, 0.6) is 0 Å². The molecular weight excluding hydrogens is 789 g/mol. The number of likely N-dealkylation sites (N-methyl/N-ethyl adjacent to an activating group) is 1. The number of rotatable bonds is 24. The van der Waals surface area contributed by atoms with E-state index in [0.717, 1.165) is 10.9 Å². The lowest BCUT2D eigenvalue weighted by molar-refractivity contribution is -0.145. The molecule has 0 radical (unpaired) electrons. The van der Waals surface area contributed by atoms with Gasteiger partial charge in [-0.3, -0.25) is 19.2 Å². The molecule has 0 aliphatic heterocycles. The van der Waals surface area contributed by atoms with Crippen molar-refractivity contribution in [3.05, 3.63) is 59.9 Å². The molecule has 1 unspecified atom stereocenters. The highest BCUT2D eigenvalue weighted by Gasteiger charge is 2.36. The number of carbonyl (C=O) groups excluding carboxylic acids is 5. The first-order chi connectivity index (χ1) is 28.8.